The van der Waals surface area contributed by atoms with Crippen molar-refractivity contribution in [2.75, 3.05) is 20.3 Å². The molecule has 0 aromatic heterocycles. The Balaban J connectivity index is 2.38. The third kappa shape index (κ3) is 2.22. The lowest BCUT2D eigenvalue weighted by Crippen LogP contribution is -2.26. The van der Waals surface area contributed by atoms with E-state index in [2.05, 4.69) is 9.05 Å². The first kappa shape index (κ1) is 8.50. The maximum absolute atomic E-state index is 10.8. The Hall–Kier alpha value is 0.400. The summed E-state index contributed by atoms with van der Waals surface area (Å²) >= 11 is 5.25. The molecule has 1 aliphatic rings. The van der Waals surface area contributed by atoms with E-state index in [-0.39, 0.29) is 19.3 Å². The smallest absolute Gasteiger partial charge is 0.377 e. The largest absolute Gasteiger partial charge is 0.424 e. The van der Waals surface area contributed by atoms with E-state index >= 15 is 0 Å². The highest BCUT2D eigenvalue weighted by molar-refractivity contribution is 7.81. The number of hydrogen-bond donors (Lipinski definition) is 0. The highest BCUT2D eigenvalue weighted by atomic mass is 35.7. The van der Waals surface area contributed by atoms with Gasteiger partial charge in [0.15, 0.2) is 0 Å². The summed E-state index contributed by atoms with van der Waals surface area (Å²) in [6.45, 7) is -2.78. The number of hydrogen-bond acceptors (Lipinski definition) is 4. The molecule has 0 amide bonds. The lowest BCUT2D eigenvalue weighted by atomic mass is 10.4. The fourth-order valence-electron chi connectivity index (χ4n) is 0.566. The second kappa shape index (κ2) is 3.20. The van der Waals surface area contributed by atoms with Gasteiger partial charge in [-0.25, -0.2) is 4.57 Å². The SMILES string of the molecule is COC1COP(=O)(Cl)OC1. The summed E-state index contributed by atoms with van der Waals surface area (Å²) in [4.78, 5) is 0. The number of methoxy groups -OCH3 is 1. The molecule has 1 rings (SSSR count). The first-order valence-corrected chi connectivity index (χ1v) is 5.20. The molecule has 0 aromatic rings. The van der Waals surface area contributed by atoms with Crippen molar-refractivity contribution in [2.24, 2.45) is 0 Å². The fraction of sp³-hybridized carbons (Fsp3) is 1.00. The molecule has 4 nitrogen and oxygen atoms in total. The van der Waals surface area contributed by atoms with E-state index in [9.17, 15) is 4.57 Å². The molecule has 60 valence electrons. The molecule has 0 atom stereocenters. The van der Waals surface area contributed by atoms with E-state index in [0.29, 0.717) is 0 Å². The molecule has 1 heterocycles. The van der Waals surface area contributed by atoms with Crippen LogP contribution >= 0.6 is 18.2 Å². The maximum Gasteiger partial charge on any atom is 0.424 e. The Kier molecular flexibility index (Phi) is 2.72. The molecule has 0 saturated carbocycles. The quantitative estimate of drug-likeness (QED) is 0.581. The molecule has 6 heteroatoms. The summed E-state index contributed by atoms with van der Waals surface area (Å²) in [6.07, 6.45) is -0.152. The standard InChI is InChI=1S/C4H8ClO4P/c1-7-4-2-8-10(5,6)9-3-4/h4H,2-3H2,1H3. The van der Waals surface area contributed by atoms with Crippen molar-refractivity contribution in [3.63, 3.8) is 0 Å². The molecule has 0 aromatic carbocycles. The molecule has 1 fully saturated rings. The van der Waals surface area contributed by atoms with Gasteiger partial charge in [0.2, 0.25) is 0 Å². The summed E-state index contributed by atoms with van der Waals surface area (Å²) in [5.74, 6) is 0. The van der Waals surface area contributed by atoms with Crippen LogP contribution < -0.4 is 0 Å². The van der Waals surface area contributed by atoms with Crippen LogP contribution in [0.1, 0.15) is 0 Å². The van der Waals surface area contributed by atoms with Crippen molar-refractivity contribution >= 4 is 18.2 Å². The molecule has 1 aliphatic heterocycles. The first-order valence-electron chi connectivity index (χ1n) is 2.75. The topological polar surface area (TPSA) is 44.8 Å². The molecule has 0 bridgehead atoms. The summed E-state index contributed by atoms with van der Waals surface area (Å²) in [5.41, 5.74) is 0. The minimum absolute atomic E-state index is 0.152. The van der Waals surface area contributed by atoms with Gasteiger partial charge < -0.3 is 4.74 Å². The van der Waals surface area contributed by atoms with Gasteiger partial charge in [-0.05, 0) is 0 Å². The monoisotopic (exact) mass is 186 g/mol. The number of halogens is 1. The lowest BCUT2D eigenvalue weighted by Gasteiger charge is -2.23. The van der Waals surface area contributed by atoms with Gasteiger partial charge in [0, 0.05) is 18.4 Å². The van der Waals surface area contributed by atoms with Gasteiger partial charge in [-0.2, -0.15) is 0 Å². The van der Waals surface area contributed by atoms with Crippen LogP contribution in [0.15, 0.2) is 0 Å². The minimum atomic E-state index is -3.24. The van der Waals surface area contributed by atoms with Crippen LogP contribution in [0.5, 0.6) is 0 Å². The molecular weight excluding hydrogens is 178 g/mol. The minimum Gasteiger partial charge on any atom is -0.377 e. The van der Waals surface area contributed by atoms with Crippen LogP contribution in [0.3, 0.4) is 0 Å². The Morgan fingerprint density at radius 1 is 1.60 bits per heavy atom. The maximum atomic E-state index is 10.8. The van der Waals surface area contributed by atoms with Gasteiger partial charge in [-0.1, -0.05) is 0 Å². The van der Waals surface area contributed by atoms with Crippen molar-refractivity contribution in [1.29, 1.82) is 0 Å². The predicted molar refractivity (Wildman–Crippen MR) is 36.2 cm³/mol. The van der Waals surface area contributed by atoms with Crippen molar-refractivity contribution in [3.8, 4) is 0 Å². The van der Waals surface area contributed by atoms with Crippen molar-refractivity contribution in [2.45, 2.75) is 6.10 Å². The number of ether oxygens (including phenoxy) is 1. The molecule has 0 aliphatic carbocycles. The Labute approximate surface area is 63.7 Å². The highest BCUT2D eigenvalue weighted by Gasteiger charge is 2.29. The van der Waals surface area contributed by atoms with Gasteiger partial charge in [-0.3, -0.25) is 9.05 Å². The zero-order valence-corrected chi connectivity index (χ0v) is 7.10. The van der Waals surface area contributed by atoms with Gasteiger partial charge in [0.05, 0.1) is 13.2 Å². The van der Waals surface area contributed by atoms with Crippen LogP contribution in [0.4, 0.5) is 0 Å². The highest BCUT2D eigenvalue weighted by Crippen LogP contribution is 2.55. The van der Waals surface area contributed by atoms with E-state index in [1.807, 2.05) is 0 Å². The van der Waals surface area contributed by atoms with Crippen molar-refractivity contribution < 1.29 is 18.3 Å². The molecule has 1 saturated heterocycles. The van der Waals surface area contributed by atoms with E-state index < -0.39 is 6.95 Å². The van der Waals surface area contributed by atoms with Gasteiger partial charge in [0.25, 0.3) is 0 Å². The second-order valence-corrected chi connectivity index (χ2v) is 4.50. The average molecular weight is 187 g/mol. The van der Waals surface area contributed by atoms with Crippen molar-refractivity contribution in [1.82, 2.24) is 0 Å². The zero-order valence-electron chi connectivity index (χ0n) is 5.45. The summed E-state index contributed by atoms with van der Waals surface area (Å²) in [7, 11) is 1.53. The molecule has 0 N–H and O–H groups in total. The predicted octanol–water partition coefficient (Wildman–Crippen LogP) is 1.40. The zero-order chi connectivity index (χ0) is 7.61. The molecule has 0 unspecified atom stereocenters. The van der Waals surface area contributed by atoms with E-state index in [1.54, 1.807) is 0 Å². The first-order chi connectivity index (χ1) is 4.64. The van der Waals surface area contributed by atoms with Crippen LogP contribution in [-0.4, -0.2) is 26.4 Å². The van der Waals surface area contributed by atoms with Crippen molar-refractivity contribution in [3.05, 3.63) is 0 Å². The molecular formula is C4H8ClO4P. The van der Waals surface area contributed by atoms with Gasteiger partial charge in [0.1, 0.15) is 6.10 Å². The van der Waals surface area contributed by atoms with Crippen LogP contribution in [0, 0.1) is 0 Å². The second-order valence-electron chi connectivity index (χ2n) is 1.88. The summed E-state index contributed by atoms with van der Waals surface area (Å²) < 4.78 is 24.9. The number of rotatable bonds is 1. The molecule has 0 radical (unpaired) electrons. The Morgan fingerprint density at radius 3 is 2.50 bits per heavy atom. The van der Waals surface area contributed by atoms with Crippen LogP contribution in [-0.2, 0) is 18.3 Å². The Bertz CT molecular complexity index is 149. The van der Waals surface area contributed by atoms with E-state index in [1.165, 1.54) is 7.11 Å². The fourth-order valence-corrected chi connectivity index (χ4v) is 1.67. The van der Waals surface area contributed by atoms with Gasteiger partial charge >= 0.3 is 6.95 Å². The van der Waals surface area contributed by atoms with E-state index in [0.717, 1.165) is 0 Å². The summed E-state index contributed by atoms with van der Waals surface area (Å²) in [6, 6.07) is 0. The van der Waals surface area contributed by atoms with Crippen LogP contribution in [0.25, 0.3) is 0 Å². The Morgan fingerprint density at radius 2 is 2.10 bits per heavy atom. The molecule has 10 heavy (non-hydrogen) atoms. The summed E-state index contributed by atoms with van der Waals surface area (Å²) in [5, 5.41) is 0. The third-order valence-corrected chi connectivity index (χ3v) is 2.66. The van der Waals surface area contributed by atoms with Gasteiger partial charge in [-0.15, -0.1) is 0 Å². The lowest BCUT2D eigenvalue weighted by molar-refractivity contribution is -0.00889. The van der Waals surface area contributed by atoms with Crippen LogP contribution in [0.2, 0.25) is 0 Å². The average Bonchev–Trinajstić information content (AvgIpc) is 1.88. The third-order valence-electron chi connectivity index (χ3n) is 1.16. The normalized spacial score (nSPS) is 41.6. The molecule has 0 spiro atoms. The van der Waals surface area contributed by atoms with E-state index in [4.69, 9.17) is 16.0 Å².